The predicted molar refractivity (Wildman–Crippen MR) is 56.7 cm³/mol. The molecule has 0 aromatic heterocycles. The lowest BCUT2D eigenvalue weighted by molar-refractivity contribution is 0.396. The van der Waals surface area contributed by atoms with Gasteiger partial charge in [-0.2, -0.15) is 0 Å². The Morgan fingerprint density at radius 1 is 1.40 bits per heavy atom. The van der Waals surface area contributed by atoms with Gasteiger partial charge in [-0.05, 0) is 12.5 Å². The second kappa shape index (κ2) is 3.38. The van der Waals surface area contributed by atoms with Crippen LogP contribution in [0.15, 0.2) is 33.5 Å². The maximum Gasteiger partial charge on any atom is 0.268 e. The van der Waals surface area contributed by atoms with Crippen molar-refractivity contribution >= 4 is 0 Å². The minimum Gasteiger partial charge on any atom is -0.492 e. The third-order valence-corrected chi connectivity index (χ3v) is 2.61. The van der Waals surface area contributed by atoms with Gasteiger partial charge < -0.3 is 10.5 Å². The van der Waals surface area contributed by atoms with E-state index in [9.17, 15) is 9.59 Å². The van der Waals surface area contributed by atoms with Gasteiger partial charge in [0, 0.05) is 11.6 Å². The minimum atomic E-state index is -0.525. The maximum absolute atomic E-state index is 11.3. The molecule has 0 fully saturated rings. The summed E-state index contributed by atoms with van der Waals surface area (Å²) in [4.78, 5) is 22.5. The van der Waals surface area contributed by atoms with Crippen LogP contribution in [0, 0.1) is 0 Å². The summed E-state index contributed by atoms with van der Waals surface area (Å²) >= 11 is 0. The van der Waals surface area contributed by atoms with Gasteiger partial charge in [-0.1, -0.05) is 12.2 Å². The van der Waals surface area contributed by atoms with Crippen LogP contribution in [0.4, 0.5) is 0 Å². The number of ether oxygens (including phenoxy) is 1. The van der Waals surface area contributed by atoms with Crippen molar-refractivity contribution in [2.75, 3.05) is 7.11 Å². The summed E-state index contributed by atoms with van der Waals surface area (Å²) in [5.41, 5.74) is 5.76. The quantitative estimate of drug-likeness (QED) is 0.699. The first-order valence-corrected chi connectivity index (χ1v) is 4.66. The molecule has 0 heterocycles. The molecule has 0 spiro atoms. The Bertz CT molecular complexity index is 518. The lowest BCUT2D eigenvalue weighted by atomic mass is 9.88. The molecule has 0 saturated carbocycles. The smallest absolute Gasteiger partial charge is 0.268 e. The fourth-order valence-electron chi connectivity index (χ4n) is 1.78. The molecule has 0 saturated heterocycles. The van der Waals surface area contributed by atoms with E-state index in [-0.39, 0.29) is 11.7 Å². The highest BCUT2D eigenvalue weighted by Crippen LogP contribution is 2.29. The number of hydrogen-bond donors (Lipinski definition) is 1. The average molecular weight is 205 g/mol. The number of allylic oxidation sites excluding steroid dienone is 3. The predicted octanol–water partition coefficient (Wildman–Crippen LogP) is 0.177. The van der Waals surface area contributed by atoms with E-state index in [1.54, 1.807) is 6.08 Å². The Balaban J connectivity index is 2.33. The van der Waals surface area contributed by atoms with Gasteiger partial charge in [0.05, 0.1) is 12.7 Å². The van der Waals surface area contributed by atoms with Crippen LogP contribution in [0.5, 0.6) is 5.75 Å². The number of hydrogen-bond acceptors (Lipinski definition) is 4. The van der Waals surface area contributed by atoms with Crippen LogP contribution in [0.25, 0.3) is 0 Å². The van der Waals surface area contributed by atoms with Crippen LogP contribution in [0.3, 0.4) is 0 Å². The van der Waals surface area contributed by atoms with Crippen molar-refractivity contribution in [2.45, 2.75) is 12.3 Å². The molecule has 1 aliphatic rings. The molecular formula is C11H11NO3. The summed E-state index contributed by atoms with van der Waals surface area (Å²) in [6.07, 6.45) is 6.04. The number of rotatable bonds is 2. The molecule has 1 aliphatic carbocycles. The van der Waals surface area contributed by atoms with Crippen LogP contribution in [-0.4, -0.2) is 7.11 Å². The first-order valence-electron chi connectivity index (χ1n) is 4.66. The first kappa shape index (κ1) is 9.71. The Morgan fingerprint density at radius 2 is 2.13 bits per heavy atom. The molecule has 1 atom stereocenters. The van der Waals surface area contributed by atoms with Gasteiger partial charge in [0.15, 0.2) is 5.75 Å². The Morgan fingerprint density at radius 3 is 2.67 bits per heavy atom. The normalized spacial score (nSPS) is 20.3. The third kappa shape index (κ3) is 1.38. The number of nitrogens with two attached hydrogens (primary N) is 1. The van der Waals surface area contributed by atoms with Crippen LogP contribution >= 0.6 is 0 Å². The second-order valence-corrected chi connectivity index (χ2v) is 3.51. The van der Waals surface area contributed by atoms with Gasteiger partial charge in [0.2, 0.25) is 5.43 Å². The maximum atomic E-state index is 11.3. The van der Waals surface area contributed by atoms with Crippen molar-refractivity contribution in [3.63, 3.8) is 0 Å². The summed E-state index contributed by atoms with van der Waals surface area (Å²) in [5.74, 6) is 0.126. The molecule has 1 aromatic carbocycles. The highest BCUT2D eigenvalue weighted by atomic mass is 16.5. The molecule has 0 aliphatic heterocycles. The SMILES string of the molecule is COc1c(C2C=CC(N)=CC2)c(=O)c1=O. The molecule has 0 bridgehead atoms. The van der Waals surface area contributed by atoms with Gasteiger partial charge in [-0.3, -0.25) is 9.59 Å². The van der Waals surface area contributed by atoms with E-state index < -0.39 is 10.9 Å². The molecule has 15 heavy (non-hydrogen) atoms. The van der Waals surface area contributed by atoms with Gasteiger partial charge in [0.1, 0.15) is 0 Å². The zero-order chi connectivity index (χ0) is 11.0. The summed E-state index contributed by atoms with van der Waals surface area (Å²) < 4.78 is 4.88. The molecule has 0 amide bonds. The summed E-state index contributed by atoms with van der Waals surface area (Å²) in [5, 5.41) is 0. The van der Waals surface area contributed by atoms with E-state index in [1.807, 2.05) is 12.2 Å². The molecule has 2 N–H and O–H groups in total. The van der Waals surface area contributed by atoms with E-state index in [0.29, 0.717) is 17.7 Å². The summed E-state index contributed by atoms with van der Waals surface area (Å²) in [7, 11) is 1.40. The fraction of sp³-hybridized carbons (Fsp3) is 0.273. The van der Waals surface area contributed by atoms with Gasteiger partial charge in [0.25, 0.3) is 5.43 Å². The van der Waals surface area contributed by atoms with Crippen molar-refractivity contribution in [2.24, 2.45) is 5.73 Å². The zero-order valence-corrected chi connectivity index (χ0v) is 8.32. The van der Waals surface area contributed by atoms with Gasteiger partial charge >= 0.3 is 0 Å². The first-order chi connectivity index (χ1) is 7.15. The van der Waals surface area contributed by atoms with Crippen LogP contribution in [-0.2, 0) is 0 Å². The molecule has 78 valence electrons. The molecular weight excluding hydrogens is 194 g/mol. The van der Waals surface area contributed by atoms with Gasteiger partial charge in [-0.25, -0.2) is 0 Å². The fourth-order valence-corrected chi connectivity index (χ4v) is 1.78. The Hall–Kier alpha value is -1.84. The Labute approximate surface area is 86.4 Å². The van der Waals surface area contributed by atoms with E-state index in [1.165, 1.54) is 7.11 Å². The third-order valence-electron chi connectivity index (χ3n) is 2.61. The molecule has 0 radical (unpaired) electrons. The van der Waals surface area contributed by atoms with Crippen LogP contribution in [0.2, 0.25) is 0 Å². The molecule has 4 heteroatoms. The summed E-state index contributed by atoms with van der Waals surface area (Å²) in [6, 6.07) is 0. The highest BCUT2D eigenvalue weighted by molar-refractivity contribution is 5.45. The van der Waals surface area contributed by atoms with Crippen molar-refractivity contribution in [3.8, 4) is 5.75 Å². The molecule has 4 nitrogen and oxygen atoms in total. The van der Waals surface area contributed by atoms with Crippen molar-refractivity contribution < 1.29 is 4.74 Å². The van der Waals surface area contributed by atoms with E-state index in [0.717, 1.165) is 0 Å². The summed E-state index contributed by atoms with van der Waals surface area (Å²) in [6.45, 7) is 0. The van der Waals surface area contributed by atoms with Crippen molar-refractivity contribution in [1.29, 1.82) is 0 Å². The highest BCUT2D eigenvalue weighted by Gasteiger charge is 2.27. The zero-order valence-electron chi connectivity index (χ0n) is 8.32. The molecule has 1 aromatic rings. The van der Waals surface area contributed by atoms with E-state index in [4.69, 9.17) is 10.5 Å². The van der Waals surface area contributed by atoms with Crippen LogP contribution < -0.4 is 21.3 Å². The van der Waals surface area contributed by atoms with E-state index in [2.05, 4.69) is 0 Å². The topological polar surface area (TPSA) is 69.4 Å². The lowest BCUT2D eigenvalue weighted by Gasteiger charge is -2.18. The minimum absolute atomic E-state index is 0.0718. The van der Waals surface area contributed by atoms with Gasteiger partial charge in [-0.15, -0.1) is 0 Å². The molecule has 1 unspecified atom stereocenters. The number of methoxy groups -OCH3 is 1. The largest absolute Gasteiger partial charge is 0.492 e. The molecule has 2 rings (SSSR count). The van der Waals surface area contributed by atoms with E-state index >= 15 is 0 Å². The van der Waals surface area contributed by atoms with Crippen molar-refractivity contribution in [3.05, 3.63) is 49.9 Å². The monoisotopic (exact) mass is 205 g/mol. The standard InChI is InChI=1S/C11H11NO3/c1-15-11-8(9(13)10(11)14)6-2-4-7(12)5-3-6/h2,4-6H,3,12H2,1H3. The second-order valence-electron chi connectivity index (χ2n) is 3.51. The van der Waals surface area contributed by atoms with Crippen molar-refractivity contribution in [1.82, 2.24) is 0 Å². The lowest BCUT2D eigenvalue weighted by Crippen LogP contribution is -2.37. The Kier molecular flexibility index (Phi) is 2.19. The van der Waals surface area contributed by atoms with Crippen LogP contribution in [0.1, 0.15) is 17.9 Å². The average Bonchev–Trinajstić information content (AvgIpc) is 2.26.